The van der Waals surface area contributed by atoms with Crippen LogP contribution < -0.4 is 0 Å². The largest absolute Gasteiger partial charge is 0.382 e. The van der Waals surface area contributed by atoms with Crippen molar-refractivity contribution in [3.8, 4) is 16.8 Å². The third-order valence-electron chi connectivity index (χ3n) is 4.41. The summed E-state index contributed by atoms with van der Waals surface area (Å²) >= 11 is 12.4. The zero-order valence-corrected chi connectivity index (χ0v) is 15.8. The molecule has 1 unspecified atom stereocenters. The molecule has 3 nitrogen and oxygen atoms in total. The molecule has 2 heterocycles. The van der Waals surface area contributed by atoms with E-state index in [9.17, 15) is 5.11 Å². The van der Waals surface area contributed by atoms with Crippen molar-refractivity contribution < 1.29 is 5.11 Å². The number of aliphatic hydroxyl groups is 1. The van der Waals surface area contributed by atoms with E-state index in [4.69, 9.17) is 23.2 Å². The lowest BCUT2D eigenvalue weighted by atomic mass is 10.00. The minimum atomic E-state index is -0.860. The van der Waals surface area contributed by atoms with E-state index in [1.807, 2.05) is 77.5 Å². The molecular formula is C22H16Cl2N2O. The Labute approximate surface area is 167 Å². The van der Waals surface area contributed by atoms with Gasteiger partial charge in [0.15, 0.2) is 0 Å². The molecule has 0 aliphatic heterocycles. The Balaban J connectivity index is 1.93. The normalized spacial score (nSPS) is 12.1. The first-order chi connectivity index (χ1) is 13.1. The molecule has 0 amide bonds. The minimum Gasteiger partial charge on any atom is -0.382 e. The van der Waals surface area contributed by atoms with Crippen LogP contribution in [0.2, 0.25) is 10.0 Å². The molecule has 0 bridgehead atoms. The SMILES string of the molecule is OC(c1cccnc1)c1c(-c2cccc(Cl)c2)ccn1-c1cccc(Cl)c1. The highest BCUT2D eigenvalue weighted by atomic mass is 35.5. The van der Waals surface area contributed by atoms with E-state index in [1.54, 1.807) is 12.4 Å². The van der Waals surface area contributed by atoms with Crippen molar-refractivity contribution in [3.05, 3.63) is 107 Å². The van der Waals surface area contributed by atoms with Gasteiger partial charge in [0.25, 0.3) is 0 Å². The molecule has 0 radical (unpaired) electrons. The number of aromatic nitrogens is 2. The molecule has 0 aliphatic carbocycles. The van der Waals surface area contributed by atoms with Crippen LogP contribution in [-0.2, 0) is 0 Å². The molecule has 4 rings (SSSR count). The number of halogens is 2. The van der Waals surface area contributed by atoms with Crippen LogP contribution >= 0.6 is 23.2 Å². The van der Waals surface area contributed by atoms with E-state index in [0.717, 1.165) is 22.5 Å². The molecule has 2 aromatic heterocycles. The summed E-state index contributed by atoms with van der Waals surface area (Å²) in [5.74, 6) is 0. The summed E-state index contributed by atoms with van der Waals surface area (Å²) < 4.78 is 1.94. The maximum absolute atomic E-state index is 11.2. The van der Waals surface area contributed by atoms with E-state index < -0.39 is 6.10 Å². The first-order valence-corrected chi connectivity index (χ1v) is 9.20. The molecule has 5 heteroatoms. The van der Waals surface area contributed by atoms with Gasteiger partial charge in [-0.2, -0.15) is 0 Å². The number of benzene rings is 2. The quantitative estimate of drug-likeness (QED) is 0.465. The summed E-state index contributed by atoms with van der Waals surface area (Å²) in [6.07, 6.45) is 4.42. The summed E-state index contributed by atoms with van der Waals surface area (Å²) in [7, 11) is 0. The number of hydrogen-bond acceptors (Lipinski definition) is 2. The first kappa shape index (κ1) is 17.8. The fourth-order valence-electron chi connectivity index (χ4n) is 3.17. The Bertz CT molecular complexity index is 1010. The highest BCUT2D eigenvalue weighted by Crippen LogP contribution is 2.35. The number of pyridine rings is 1. The molecule has 134 valence electrons. The van der Waals surface area contributed by atoms with Gasteiger partial charge in [-0.25, -0.2) is 0 Å². The van der Waals surface area contributed by atoms with Crippen molar-refractivity contribution in [1.82, 2.24) is 9.55 Å². The van der Waals surface area contributed by atoms with Crippen molar-refractivity contribution in [1.29, 1.82) is 0 Å². The van der Waals surface area contributed by atoms with Gasteiger partial charge >= 0.3 is 0 Å². The van der Waals surface area contributed by atoms with Crippen molar-refractivity contribution in [2.45, 2.75) is 6.10 Å². The lowest BCUT2D eigenvalue weighted by molar-refractivity contribution is 0.213. The van der Waals surface area contributed by atoms with Gasteiger partial charge in [-0.05, 0) is 48.0 Å². The minimum absolute atomic E-state index is 0.632. The van der Waals surface area contributed by atoms with Crippen molar-refractivity contribution >= 4 is 23.2 Å². The molecule has 0 aliphatic rings. The highest BCUT2D eigenvalue weighted by molar-refractivity contribution is 6.31. The van der Waals surface area contributed by atoms with Crippen LogP contribution in [0.1, 0.15) is 17.4 Å². The lowest BCUT2D eigenvalue weighted by Gasteiger charge is -2.18. The van der Waals surface area contributed by atoms with E-state index in [0.29, 0.717) is 15.6 Å². The summed E-state index contributed by atoms with van der Waals surface area (Å²) in [6.45, 7) is 0. The van der Waals surface area contributed by atoms with Crippen molar-refractivity contribution in [2.75, 3.05) is 0 Å². The van der Waals surface area contributed by atoms with E-state index >= 15 is 0 Å². The molecule has 2 aromatic carbocycles. The Morgan fingerprint density at radius 2 is 1.67 bits per heavy atom. The molecule has 0 spiro atoms. The fourth-order valence-corrected chi connectivity index (χ4v) is 3.55. The van der Waals surface area contributed by atoms with Gasteiger partial charge in [-0.15, -0.1) is 0 Å². The van der Waals surface area contributed by atoms with Gasteiger partial charge in [0, 0.05) is 45.5 Å². The lowest BCUT2D eigenvalue weighted by Crippen LogP contribution is -2.08. The number of rotatable bonds is 4. The molecule has 0 saturated carbocycles. The second-order valence-electron chi connectivity index (χ2n) is 6.16. The molecule has 1 atom stereocenters. The molecule has 0 fully saturated rings. The van der Waals surface area contributed by atoms with E-state index in [1.165, 1.54) is 0 Å². The standard InChI is InChI=1S/C22H16Cl2N2O/c23-17-6-1-4-15(12-17)20-9-11-26(19-8-2-7-18(24)13-19)21(20)22(27)16-5-3-10-25-14-16/h1-14,22,27H. The Kier molecular flexibility index (Phi) is 4.99. The number of aliphatic hydroxyl groups excluding tert-OH is 1. The van der Waals surface area contributed by atoms with Crippen LogP contribution in [0.15, 0.2) is 85.3 Å². The number of nitrogens with zero attached hydrogens (tertiary/aromatic N) is 2. The van der Waals surface area contributed by atoms with E-state index in [2.05, 4.69) is 4.98 Å². The van der Waals surface area contributed by atoms with Crippen LogP contribution in [0, 0.1) is 0 Å². The van der Waals surface area contributed by atoms with Gasteiger partial charge in [-0.3, -0.25) is 4.98 Å². The first-order valence-electron chi connectivity index (χ1n) is 8.44. The summed E-state index contributed by atoms with van der Waals surface area (Å²) in [5.41, 5.74) is 4.14. The summed E-state index contributed by atoms with van der Waals surface area (Å²) in [6, 6.07) is 20.8. The van der Waals surface area contributed by atoms with Crippen LogP contribution in [0.4, 0.5) is 0 Å². The Morgan fingerprint density at radius 3 is 2.37 bits per heavy atom. The zero-order chi connectivity index (χ0) is 18.8. The third kappa shape index (κ3) is 3.62. The molecular weight excluding hydrogens is 379 g/mol. The monoisotopic (exact) mass is 394 g/mol. The zero-order valence-electron chi connectivity index (χ0n) is 14.3. The maximum Gasteiger partial charge on any atom is 0.121 e. The predicted molar refractivity (Wildman–Crippen MR) is 110 cm³/mol. The van der Waals surface area contributed by atoms with Crippen LogP contribution in [0.5, 0.6) is 0 Å². The molecule has 4 aromatic rings. The average Bonchev–Trinajstić information content (AvgIpc) is 3.13. The van der Waals surface area contributed by atoms with Crippen LogP contribution in [-0.4, -0.2) is 14.7 Å². The average molecular weight is 395 g/mol. The smallest absolute Gasteiger partial charge is 0.121 e. The Hall–Kier alpha value is -2.59. The van der Waals surface area contributed by atoms with Gasteiger partial charge in [0.1, 0.15) is 6.10 Å². The van der Waals surface area contributed by atoms with Gasteiger partial charge in [0.05, 0.1) is 5.69 Å². The van der Waals surface area contributed by atoms with E-state index in [-0.39, 0.29) is 0 Å². The van der Waals surface area contributed by atoms with Crippen LogP contribution in [0.25, 0.3) is 16.8 Å². The van der Waals surface area contributed by atoms with Crippen molar-refractivity contribution in [3.63, 3.8) is 0 Å². The molecule has 1 N–H and O–H groups in total. The van der Waals surface area contributed by atoms with Gasteiger partial charge in [0.2, 0.25) is 0 Å². The maximum atomic E-state index is 11.2. The topological polar surface area (TPSA) is 38.1 Å². The Morgan fingerprint density at radius 1 is 0.889 bits per heavy atom. The second kappa shape index (κ2) is 7.57. The van der Waals surface area contributed by atoms with Gasteiger partial charge in [-0.1, -0.05) is 47.5 Å². The van der Waals surface area contributed by atoms with Gasteiger partial charge < -0.3 is 9.67 Å². The predicted octanol–water partition coefficient (Wildman–Crippen LogP) is 5.93. The summed E-state index contributed by atoms with van der Waals surface area (Å²) in [5, 5.41) is 12.5. The third-order valence-corrected chi connectivity index (χ3v) is 4.88. The fraction of sp³-hybridized carbons (Fsp3) is 0.0455. The molecule has 27 heavy (non-hydrogen) atoms. The molecule has 0 saturated heterocycles. The number of hydrogen-bond donors (Lipinski definition) is 1. The van der Waals surface area contributed by atoms with Crippen LogP contribution in [0.3, 0.4) is 0 Å². The highest BCUT2D eigenvalue weighted by Gasteiger charge is 2.21. The second-order valence-corrected chi connectivity index (χ2v) is 7.04. The summed E-state index contributed by atoms with van der Waals surface area (Å²) in [4.78, 5) is 4.14. The van der Waals surface area contributed by atoms with Crippen molar-refractivity contribution in [2.24, 2.45) is 0 Å².